The molecule has 3 aromatic rings. The van der Waals surface area contributed by atoms with Crippen molar-refractivity contribution in [2.75, 3.05) is 13.2 Å². The summed E-state index contributed by atoms with van der Waals surface area (Å²) in [6.45, 7) is 0.781. The summed E-state index contributed by atoms with van der Waals surface area (Å²) in [6.07, 6.45) is 2.02. The van der Waals surface area contributed by atoms with E-state index in [2.05, 4.69) is 6.07 Å². The Morgan fingerprint density at radius 2 is 1.71 bits per heavy atom. The van der Waals surface area contributed by atoms with Gasteiger partial charge in [-0.2, -0.15) is 0 Å². The second-order valence-electron chi connectivity index (χ2n) is 6.77. The van der Waals surface area contributed by atoms with Crippen LogP contribution >= 0.6 is 11.3 Å². The Kier molecular flexibility index (Phi) is 5.53. The summed E-state index contributed by atoms with van der Waals surface area (Å²) in [5, 5.41) is 2.05. The summed E-state index contributed by atoms with van der Waals surface area (Å²) in [5.41, 5.74) is 1.25. The lowest BCUT2D eigenvalue weighted by molar-refractivity contribution is -0.134. The van der Waals surface area contributed by atoms with E-state index in [1.165, 1.54) is 4.88 Å². The fourth-order valence-corrected chi connectivity index (χ4v) is 4.40. The molecule has 1 fully saturated rings. The molecule has 1 aliphatic rings. The van der Waals surface area contributed by atoms with Crippen molar-refractivity contribution in [1.82, 2.24) is 4.90 Å². The number of nitrogens with zero attached hydrogens (tertiary/aromatic N) is 1. The predicted molar refractivity (Wildman–Crippen MR) is 110 cm³/mol. The number of ether oxygens (including phenoxy) is 1. The molecule has 5 heteroatoms. The number of ketones is 1. The molecule has 0 aliphatic carbocycles. The summed E-state index contributed by atoms with van der Waals surface area (Å²) in [7, 11) is 0. The van der Waals surface area contributed by atoms with E-state index < -0.39 is 0 Å². The van der Waals surface area contributed by atoms with Gasteiger partial charge in [0.15, 0.2) is 12.4 Å². The van der Waals surface area contributed by atoms with E-state index >= 15 is 0 Å². The third kappa shape index (κ3) is 3.99. The fourth-order valence-electron chi connectivity index (χ4n) is 3.53. The Bertz CT molecular complexity index is 936. The van der Waals surface area contributed by atoms with Crippen molar-refractivity contribution in [1.29, 1.82) is 0 Å². The van der Waals surface area contributed by atoms with Crippen molar-refractivity contribution in [3.8, 4) is 5.75 Å². The zero-order valence-electron chi connectivity index (χ0n) is 15.4. The Morgan fingerprint density at radius 3 is 2.43 bits per heavy atom. The molecule has 1 atom stereocenters. The van der Waals surface area contributed by atoms with Gasteiger partial charge in [0.05, 0.1) is 6.04 Å². The number of hydrogen-bond acceptors (Lipinski definition) is 4. The lowest BCUT2D eigenvalue weighted by Crippen LogP contribution is -2.34. The maximum atomic E-state index is 12.6. The molecular weight excluding hydrogens is 370 g/mol. The molecule has 1 aliphatic heterocycles. The highest BCUT2D eigenvalue weighted by Gasteiger charge is 2.30. The molecule has 1 aromatic heterocycles. The molecule has 0 bridgehead atoms. The third-order valence-electron chi connectivity index (χ3n) is 4.96. The Balaban J connectivity index is 1.36. The van der Waals surface area contributed by atoms with Crippen LogP contribution in [0.2, 0.25) is 0 Å². The molecular formula is C23H21NO3S. The lowest BCUT2D eigenvalue weighted by Gasteiger charge is -2.24. The summed E-state index contributed by atoms with van der Waals surface area (Å²) in [5.74, 6) is 0.559. The van der Waals surface area contributed by atoms with E-state index in [0.717, 1.165) is 19.4 Å². The van der Waals surface area contributed by atoms with E-state index in [4.69, 9.17) is 4.74 Å². The highest BCUT2D eigenvalue weighted by Crippen LogP contribution is 2.34. The number of thiophene rings is 1. The van der Waals surface area contributed by atoms with Crippen molar-refractivity contribution in [2.24, 2.45) is 0 Å². The minimum absolute atomic E-state index is 0.000313. The van der Waals surface area contributed by atoms with Crippen LogP contribution < -0.4 is 4.74 Å². The van der Waals surface area contributed by atoms with Gasteiger partial charge in [-0.15, -0.1) is 11.3 Å². The van der Waals surface area contributed by atoms with Crippen LogP contribution in [0.4, 0.5) is 0 Å². The first-order valence-electron chi connectivity index (χ1n) is 9.38. The maximum Gasteiger partial charge on any atom is 0.261 e. The monoisotopic (exact) mass is 391 g/mol. The van der Waals surface area contributed by atoms with Gasteiger partial charge in [-0.1, -0.05) is 36.4 Å². The highest BCUT2D eigenvalue weighted by molar-refractivity contribution is 7.10. The van der Waals surface area contributed by atoms with E-state index in [1.54, 1.807) is 47.7 Å². The quantitative estimate of drug-likeness (QED) is 0.571. The topological polar surface area (TPSA) is 46.6 Å². The summed E-state index contributed by atoms with van der Waals surface area (Å²) < 4.78 is 5.69. The van der Waals surface area contributed by atoms with Crippen molar-refractivity contribution in [3.05, 3.63) is 88.1 Å². The standard InChI is InChI=1S/C23H21NO3S/c25-22(24-14-4-8-20(24)21-9-5-15-28-21)16-27-19-12-10-18(11-13-19)23(26)17-6-2-1-3-7-17/h1-3,5-7,9-13,15,20H,4,8,14,16H2. The number of rotatable bonds is 6. The first-order valence-corrected chi connectivity index (χ1v) is 10.3. The zero-order valence-corrected chi connectivity index (χ0v) is 16.2. The van der Waals surface area contributed by atoms with Gasteiger partial charge < -0.3 is 9.64 Å². The number of likely N-dealkylation sites (tertiary alicyclic amines) is 1. The van der Waals surface area contributed by atoms with Gasteiger partial charge in [-0.3, -0.25) is 9.59 Å². The van der Waals surface area contributed by atoms with E-state index in [9.17, 15) is 9.59 Å². The van der Waals surface area contributed by atoms with Crippen LogP contribution in [0, 0.1) is 0 Å². The van der Waals surface area contributed by atoms with Crippen LogP contribution in [-0.4, -0.2) is 29.7 Å². The minimum atomic E-state index is -0.0286. The molecule has 4 rings (SSSR count). The van der Waals surface area contributed by atoms with Gasteiger partial charge in [0.2, 0.25) is 0 Å². The number of amides is 1. The van der Waals surface area contributed by atoms with Gasteiger partial charge in [0.25, 0.3) is 5.91 Å². The molecule has 142 valence electrons. The van der Waals surface area contributed by atoms with Gasteiger partial charge in [-0.25, -0.2) is 0 Å². The second-order valence-corrected chi connectivity index (χ2v) is 7.75. The average molecular weight is 391 g/mol. The molecule has 0 radical (unpaired) electrons. The van der Waals surface area contributed by atoms with Crippen molar-refractivity contribution >= 4 is 23.0 Å². The van der Waals surface area contributed by atoms with Crippen LogP contribution in [-0.2, 0) is 4.79 Å². The highest BCUT2D eigenvalue weighted by atomic mass is 32.1. The molecule has 2 heterocycles. The van der Waals surface area contributed by atoms with Gasteiger partial charge >= 0.3 is 0 Å². The number of hydrogen-bond donors (Lipinski definition) is 0. The van der Waals surface area contributed by atoms with Crippen LogP contribution in [0.15, 0.2) is 72.1 Å². The molecule has 1 saturated heterocycles. The Morgan fingerprint density at radius 1 is 0.964 bits per heavy atom. The fraction of sp³-hybridized carbons (Fsp3) is 0.217. The maximum absolute atomic E-state index is 12.6. The molecule has 1 amide bonds. The smallest absolute Gasteiger partial charge is 0.261 e. The number of carbonyl (C=O) groups is 2. The van der Waals surface area contributed by atoms with Crippen molar-refractivity contribution in [2.45, 2.75) is 18.9 Å². The predicted octanol–water partition coefficient (Wildman–Crippen LogP) is 4.72. The molecule has 0 spiro atoms. The first kappa shape index (κ1) is 18.4. The van der Waals surface area contributed by atoms with Crippen LogP contribution in [0.25, 0.3) is 0 Å². The summed E-state index contributed by atoms with van der Waals surface area (Å²) in [4.78, 5) is 28.2. The summed E-state index contributed by atoms with van der Waals surface area (Å²) >= 11 is 1.69. The Labute approximate surface area is 168 Å². The molecule has 4 nitrogen and oxygen atoms in total. The van der Waals surface area contributed by atoms with E-state index in [1.807, 2.05) is 34.5 Å². The minimum Gasteiger partial charge on any atom is -0.484 e. The molecule has 0 saturated carbocycles. The van der Waals surface area contributed by atoms with Crippen LogP contribution in [0.5, 0.6) is 5.75 Å². The van der Waals surface area contributed by atoms with E-state index in [-0.39, 0.29) is 24.3 Å². The second kappa shape index (κ2) is 8.40. The number of benzene rings is 2. The van der Waals surface area contributed by atoms with Crippen molar-refractivity contribution < 1.29 is 14.3 Å². The zero-order chi connectivity index (χ0) is 19.3. The van der Waals surface area contributed by atoms with Crippen molar-refractivity contribution in [3.63, 3.8) is 0 Å². The Hall–Kier alpha value is -2.92. The third-order valence-corrected chi connectivity index (χ3v) is 5.93. The first-order chi connectivity index (χ1) is 13.7. The SMILES string of the molecule is O=C(c1ccccc1)c1ccc(OCC(=O)N2CCCC2c2cccs2)cc1. The largest absolute Gasteiger partial charge is 0.484 e. The van der Waals surface area contributed by atoms with Gasteiger partial charge in [-0.05, 0) is 48.6 Å². The van der Waals surface area contributed by atoms with E-state index in [0.29, 0.717) is 16.9 Å². The molecule has 0 N–H and O–H groups in total. The molecule has 1 unspecified atom stereocenters. The normalized spacial score (nSPS) is 16.1. The molecule has 2 aromatic carbocycles. The molecule has 28 heavy (non-hydrogen) atoms. The van der Waals surface area contributed by atoms with Gasteiger partial charge in [0.1, 0.15) is 5.75 Å². The van der Waals surface area contributed by atoms with Crippen LogP contribution in [0.1, 0.15) is 39.7 Å². The average Bonchev–Trinajstić information content (AvgIpc) is 3.44. The summed E-state index contributed by atoms with van der Waals surface area (Å²) in [6, 6.07) is 20.4. The lowest BCUT2D eigenvalue weighted by atomic mass is 10.0. The van der Waals surface area contributed by atoms with Crippen LogP contribution in [0.3, 0.4) is 0 Å². The number of carbonyl (C=O) groups excluding carboxylic acids is 2. The van der Waals surface area contributed by atoms with Gasteiger partial charge in [0, 0.05) is 22.5 Å².